The van der Waals surface area contributed by atoms with Crippen LogP contribution >= 0.6 is 11.3 Å². The molecule has 2 N–H and O–H groups in total. The summed E-state index contributed by atoms with van der Waals surface area (Å²) in [5, 5.41) is 18.4. The fourth-order valence-electron chi connectivity index (χ4n) is 1.34. The summed E-state index contributed by atoms with van der Waals surface area (Å²) in [5.74, 6) is -1.41. The number of methoxy groups -OCH3 is 1. The number of likely N-dealkylation sites (N-methyl/N-ethyl adjacent to an activating group) is 1. The van der Waals surface area contributed by atoms with Gasteiger partial charge in [-0.1, -0.05) is 0 Å². The van der Waals surface area contributed by atoms with E-state index in [-0.39, 0.29) is 17.4 Å². The largest absolute Gasteiger partial charge is 0.476 e. The van der Waals surface area contributed by atoms with E-state index in [1.165, 1.54) is 14.2 Å². The lowest BCUT2D eigenvalue weighted by atomic mass is 10.4. The Morgan fingerprint density at radius 1 is 1.63 bits per heavy atom. The van der Waals surface area contributed by atoms with E-state index in [9.17, 15) is 18.3 Å². The zero-order valence-electron chi connectivity index (χ0n) is 10.3. The summed E-state index contributed by atoms with van der Waals surface area (Å²) in [6, 6.07) is 0. The summed E-state index contributed by atoms with van der Waals surface area (Å²) in [6.07, 6.45) is -0.994. The highest BCUT2D eigenvalue weighted by molar-refractivity contribution is 7.91. The van der Waals surface area contributed by atoms with Gasteiger partial charge in [-0.2, -0.15) is 4.31 Å². The first-order valence-electron chi connectivity index (χ1n) is 5.10. The molecule has 19 heavy (non-hydrogen) atoms. The van der Waals surface area contributed by atoms with Crippen molar-refractivity contribution in [1.29, 1.82) is 0 Å². The number of hydrogen-bond donors (Lipinski definition) is 2. The number of rotatable bonds is 7. The second-order valence-corrected chi connectivity index (χ2v) is 6.78. The van der Waals surface area contributed by atoms with Gasteiger partial charge in [-0.15, -0.1) is 11.3 Å². The molecule has 0 aliphatic heterocycles. The van der Waals surface area contributed by atoms with Crippen LogP contribution in [0.1, 0.15) is 10.5 Å². The summed E-state index contributed by atoms with van der Waals surface area (Å²) in [6.45, 7) is -0.221. The molecule has 0 amide bonds. The first-order valence-corrected chi connectivity index (χ1v) is 7.42. The van der Waals surface area contributed by atoms with Crippen LogP contribution in [0.25, 0.3) is 0 Å². The van der Waals surface area contributed by atoms with Crippen molar-refractivity contribution in [2.75, 3.05) is 27.3 Å². The van der Waals surface area contributed by atoms with E-state index in [4.69, 9.17) is 9.84 Å². The van der Waals surface area contributed by atoms with Gasteiger partial charge in [0.15, 0.2) is 9.90 Å². The molecule has 1 heterocycles. The number of nitrogens with zero attached hydrogens (tertiary/aromatic N) is 2. The first-order chi connectivity index (χ1) is 8.80. The number of ether oxygens (including phenoxy) is 1. The summed E-state index contributed by atoms with van der Waals surface area (Å²) in [4.78, 5) is 14.4. The van der Waals surface area contributed by atoms with E-state index in [1.54, 1.807) is 0 Å². The fraction of sp³-hybridized carbons (Fsp3) is 0.556. The van der Waals surface area contributed by atoms with E-state index < -0.39 is 27.8 Å². The number of aliphatic hydroxyl groups is 1. The van der Waals surface area contributed by atoms with Gasteiger partial charge in [-0.05, 0) is 0 Å². The van der Waals surface area contributed by atoms with Crippen LogP contribution in [0.5, 0.6) is 0 Å². The van der Waals surface area contributed by atoms with Crippen molar-refractivity contribution in [1.82, 2.24) is 9.29 Å². The maximum absolute atomic E-state index is 12.1. The number of carboxylic acid groups (broad SMARTS) is 1. The van der Waals surface area contributed by atoms with Crippen LogP contribution in [0.15, 0.2) is 9.72 Å². The van der Waals surface area contributed by atoms with Gasteiger partial charge in [0.1, 0.15) is 0 Å². The quantitative estimate of drug-likeness (QED) is 0.695. The highest BCUT2D eigenvalue weighted by atomic mass is 32.2. The molecular weight excluding hydrogens is 296 g/mol. The Labute approximate surface area is 114 Å². The van der Waals surface area contributed by atoms with Crippen molar-refractivity contribution < 1.29 is 28.2 Å². The molecule has 1 unspecified atom stereocenters. The molecule has 0 aliphatic carbocycles. The molecule has 10 heteroatoms. The molecule has 0 saturated carbocycles. The van der Waals surface area contributed by atoms with Gasteiger partial charge in [0.05, 0.1) is 18.2 Å². The predicted molar refractivity (Wildman–Crippen MR) is 66.8 cm³/mol. The van der Waals surface area contributed by atoms with Gasteiger partial charge in [-0.3, -0.25) is 0 Å². The molecule has 0 aromatic carbocycles. The van der Waals surface area contributed by atoms with Crippen LogP contribution in [-0.4, -0.2) is 67.3 Å². The molecule has 0 fully saturated rings. The Bertz CT molecular complexity index is 541. The van der Waals surface area contributed by atoms with Gasteiger partial charge in [0.2, 0.25) is 0 Å². The minimum atomic E-state index is -3.99. The highest BCUT2D eigenvalue weighted by Crippen LogP contribution is 2.23. The number of aromatic nitrogens is 1. The van der Waals surface area contributed by atoms with Crippen molar-refractivity contribution in [2.24, 2.45) is 0 Å². The smallest absolute Gasteiger partial charge is 0.356 e. The molecule has 0 aliphatic rings. The van der Waals surface area contributed by atoms with E-state index in [0.717, 1.165) is 21.2 Å². The van der Waals surface area contributed by atoms with Crippen LogP contribution < -0.4 is 0 Å². The van der Waals surface area contributed by atoms with E-state index in [1.807, 2.05) is 0 Å². The monoisotopic (exact) mass is 310 g/mol. The minimum Gasteiger partial charge on any atom is -0.476 e. The standard InChI is InChI=1S/C9H14N2O6S2/c1-11(3-6(12)4-17-2)19(15,16)9-7(8(13)14)10-5-18-9/h5-6,12H,3-4H2,1-2H3,(H,13,14). The third kappa shape index (κ3) is 3.70. The molecule has 0 radical (unpaired) electrons. The average Bonchev–Trinajstić information content (AvgIpc) is 2.78. The lowest BCUT2D eigenvalue weighted by Gasteiger charge is -2.19. The molecule has 108 valence electrons. The van der Waals surface area contributed by atoms with Crippen LogP contribution in [-0.2, 0) is 14.8 Å². The van der Waals surface area contributed by atoms with E-state index >= 15 is 0 Å². The number of aromatic carboxylic acids is 1. The van der Waals surface area contributed by atoms with Crippen molar-refractivity contribution in [3.05, 3.63) is 11.2 Å². The Kier molecular flexibility index (Phi) is 5.38. The molecular formula is C9H14N2O6S2. The summed E-state index contributed by atoms with van der Waals surface area (Å²) >= 11 is 0.719. The predicted octanol–water partition coefficient (Wildman–Crippen LogP) is -0.531. The van der Waals surface area contributed by atoms with Gasteiger partial charge < -0.3 is 14.9 Å². The van der Waals surface area contributed by atoms with Gasteiger partial charge in [0.25, 0.3) is 10.0 Å². The van der Waals surface area contributed by atoms with Crippen LogP contribution in [0, 0.1) is 0 Å². The molecule has 0 bridgehead atoms. The molecule has 0 spiro atoms. The van der Waals surface area contributed by atoms with Crippen LogP contribution in [0.4, 0.5) is 0 Å². The molecule has 1 aromatic rings. The van der Waals surface area contributed by atoms with Crippen LogP contribution in [0.3, 0.4) is 0 Å². The number of sulfonamides is 1. The number of thiazole rings is 1. The van der Waals surface area contributed by atoms with Crippen LogP contribution in [0.2, 0.25) is 0 Å². The Morgan fingerprint density at radius 3 is 2.79 bits per heavy atom. The fourth-order valence-corrected chi connectivity index (χ4v) is 3.88. The Balaban J connectivity index is 2.97. The molecule has 1 aromatic heterocycles. The molecule has 0 saturated heterocycles. The molecule has 1 rings (SSSR count). The number of carbonyl (C=O) groups is 1. The van der Waals surface area contributed by atoms with E-state index in [2.05, 4.69) is 4.98 Å². The summed E-state index contributed by atoms with van der Waals surface area (Å²) in [5.41, 5.74) is 0.633. The Morgan fingerprint density at radius 2 is 2.26 bits per heavy atom. The second-order valence-electron chi connectivity index (χ2n) is 3.69. The van der Waals surface area contributed by atoms with Crippen molar-refractivity contribution in [3.63, 3.8) is 0 Å². The number of carboxylic acids is 1. The zero-order valence-corrected chi connectivity index (χ0v) is 11.9. The van der Waals surface area contributed by atoms with Crippen molar-refractivity contribution in [3.8, 4) is 0 Å². The third-order valence-electron chi connectivity index (χ3n) is 2.21. The second kappa shape index (κ2) is 6.39. The van der Waals surface area contributed by atoms with Gasteiger partial charge >= 0.3 is 5.97 Å². The lowest BCUT2D eigenvalue weighted by Crippen LogP contribution is -2.36. The summed E-state index contributed by atoms with van der Waals surface area (Å²) in [7, 11) is -1.36. The highest BCUT2D eigenvalue weighted by Gasteiger charge is 2.30. The van der Waals surface area contributed by atoms with Gasteiger partial charge in [0, 0.05) is 20.7 Å². The normalized spacial score (nSPS) is 13.7. The average molecular weight is 310 g/mol. The molecule has 1 atom stereocenters. The molecule has 8 nitrogen and oxygen atoms in total. The van der Waals surface area contributed by atoms with Crippen molar-refractivity contribution >= 4 is 27.3 Å². The van der Waals surface area contributed by atoms with Crippen molar-refractivity contribution in [2.45, 2.75) is 10.3 Å². The zero-order chi connectivity index (χ0) is 14.6. The topological polar surface area (TPSA) is 117 Å². The Hall–Kier alpha value is -1.07. The minimum absolute atomic E-state index is 0.0195. The maximum Gasteiger partial charge on any atom is 0.356 e. The lowest BCUT2D eigenvalue weighted by molar-refractivity contribution is 0.0554. The SMILES string of the molecule is COCC(O)CN(C)S(=O)(=O)c1scnc1C(=O)O. The number of hydrogen-bond acceptors (Lipinski definition) is 7. The first kappa shape index (κ1) is 16.0. The van der Waals surface area contributed by atoms with Gasteiger partial charge in [-0.25, -0.2) is 18.2 Å². The number of aliphatic hydroxyl groups excluding tert-OH is 1. The third-order valence-corrected chi connectivity index (χ3v) is 5.38. The summed E-state index contributed by atoms with van der Waals surface area (Å²) < 4.78 is 29.5. The van der Waals surface area contributed by atoms with E-state index in [0.29, 0.717) is 0 Å². The maximum atomic E-state index is 12.1.